The van der Waals surface area contributed by atoms with E-state index in [1.807, 2.05) is 0 Å². The number of nitrogens with zero attached hydrogens (tertiary/aromatic N) is 3. The van der Waals surface area contributed by atoms with Crippen molar-refractivity contribution in [3.05, 3.63) is 82.8 Å². The second kappa shape index (κ2) is 10.6. The number of fused-ring (bicyclic) bond motifs is 2. The van der Waals surface area contributed by atoms with E-state index in [9.17, 15) is 20.2 Å². The number of piperidine rings is 1. The van der Waals surface area contributed by atoms with Crippen molar-refractivity contribution in [2.24, 2.45) is 5.73 Å². The molecule has 3 N–H and O–H groups in total. The molecule has 35 heavy (non-hydrogen) atoms. The van der Waals surface area contributed by atoms with Crippen LogP contribution >= 0.6 is 46.6 Å². The van der Waals surface area contributed by atoms with Gasteiger partial charge in [0.15, 0.2) is 0 Å². The summed E-state index contributed by atoms with van der Waals surface area (Å²) in [5, 5.41) is 26.7. The molecule has 0 saturated carbocycles. The van der Waals surface area contributed by atoms with Crippen molar-refractivity contribution in [2.45, 2.75) is 47.8 Å². The lowest BCUT2D eigenvalue weighted by molar-refractivity contribution is -0.385. The maximum absolute atomic E-state index is 11.7. The molecule has 3 atom stereocenters. The van der Waals surface area contributed by atoms with Crippen molar-refractivity contribution in [1.29, 1.82) is 0 Å². The van der Waals surface area contributed by atoms with Crippen LogP contribution in [0.2, 0.25) is 15.1 Å². The summed E-state index contributed by atoms with van der Waals surface area (Å²) in [5.41, 5.74) is 5.93. The van der Waals surface area contributed by atoms with Gasteiger partial charge in [-0.15, -0.1) is 11.8 Å². The SMILES string of the molecule is CN1C2C=CC1CC(Sc1ccc([N+](=O)[O-])c(CNC(N)c3c([N+](=O)[O-])ccc(Cl)c3Cl)c1Cl)C2. The molecular formula is C22H22Cl3N5O4S. The molecule has 2 bridgehead atoms. The maximum atomic E-state index is 11.7. The number of nitro benzene ring substituents is 2. The molecule has 1 fully saturated rings. The molecular weight excluding hydrogens is 537 g/mol. The lowest BCUT2D eigenvalue weighted by atomic mass is 10.0. The van der Waals surface area contributed by atoms with Crippen LogP contribution in [-0.2, 0) is 6.54 Å². The normalized spacial score (nSPS) is 22.4. The summed E-state index contributed by atoms with van der Waals surface area (Å²) < 4.78 is 0. The summed E-state index contributed by atoms with van der Waals surface area (Å²) in [4.78, 5) is 25.1. The highest BCUT2D eigenvalue weighted by molar-refractivity contribution is 8.00. The lowest BCUT2D eigenvalue weighted by Crippen LogP contribution is -2.41. The van der Waals surface area contributed by atoms with E-state index in [1.165, 1.54) is 18.2 Å². The predicted octanol–water partition coefficient (Wildman–Crippen LogP) is 5.70. The van der Waals surface area contributed by atoms with E-state index in [4.69, 9.17) is 40.5 Å². The molecule has 9 nitrogen and oxygen atoms in total. The van der Waals surface area contributed by atoms with Crippen molar-refractivity contribution < 1.29 is 9.85 Å². The quantitative estimate of drug-likeness (QED) is 0.183. The monoisotopic (exact) mass is 557 g/mol. The maximum Gasteiger partial charge on any atom is 0.277 e. The number of likely N-dealkylation sites (N-methyl/N-ethyl adjacent to an activating group) is 1. The number of halogens is 3. The summed E-state index contributed by atoms with van der Waals surface area (Å²) in [6.07, 6.45) is 5.23. The largest absolute Gasteiger partial charge is 0.312 e. The van der Waals surface area contributed by atoms with E-state index >= 15 is 0 Å². The van der Waals surface area contributed by atoms with Crippen LogP contribution < -0.4 is 11.1 Å². The van der Waals surface area contributed by atoms with Gasteiger partial charge in [0.2, 0.25) is 0 Å². The standard InChI is InChI=1S/C22H22Cl3N5O4S/c1-28-11-2-3-12(28)9-13(8-11)35-18-7-6-16(29(31)32)14(20(18)24)10-27-22(26)19-17(30(33)34)5-4-15(23)21(19)25/h2-7,11-13,22,27H,8-10,26H2,1H3. The van der Waals surface area contributed by atoms with Gasteiger partial charge in [0, 0.05) is 40.9 Å². The minimum absolute atomic E-state index is 0.0113. The van der Waals surface area contributed by atoms with Gasteiger partial charge in [0.1, 0.15) is 0 Å². The summed E-state index contributed by atoms with van der Waals surface area (Å²) >= 11 is 20.5. The topological polar surface area (TPSA) is 128 Å². The van der Waals surface area contributed by atoms with Crippen LogP contribution in [0.5, 0.6) is 0 Å². The first-order valence-electron chi connectivity index (χ1n) is 10.7. The molecule has 2 aromatic rings. The van der Waals surface area contributed by atoms with Crippen LogP contribution in [0.1, 0.15) is 30.1 Å². The van der Waals surface area contributed by atoms with Crippen molar-refractivity contribution in [2.75, 3.05) is 7.05 Å². The molecule has 2 aromatic carbocycles. The molecule has 186 valence electrons. The Morgan fingerprint density at radius 3 is 2.26 bits per heavy atom. The fraction of sp³-hybridized carbons (Fsp3) is 0.364. The molecule has 4 rings (SSSR count). The molecule has 2 heterocycles. The highest BCUT2D eigenvalue weighted by Gasteiger charge is 2.35. The second-order valence-electron chi connectivity index (χ2n) is 8.44. The van der Waals surface area contributed by atoms with E-state index in [1.54, 1.807) is 17.8 Å². The van der Waals surface area contributed by atoms with E-state index in [0.29, 0.717) is 17.3 Å². The number of hydrogen-bond acceptors (Lipinski definition) is 8. The predicted molar refractivity (Wildman–Crippen MR) is 138 cm³/mol. The summed E-state index contributed by atoms with van der Waals surface area (Å²) in [5.74, 6) is 0. The first-order chi connectivity index (χ1) is 16.6. The Balaban J connectivity index is 1.57. The highest BCUT2D eigenvalue weighted by Crippen LogP contribution is 2.43. The fourth-order valence-electron chi connectivity index (χ4n) is 4.52. The average molecular weight is 559 g/mol. The Kier molecular flexibility index (Phi) is 7.92. The molecule has 1 saturated heterocycles. The molecule has 0 spiro atoms. The summed E-state index contributed by atoms with van der Waals surface area (Å²) in [7, 11) is 2.11. The van der Waals surface area contributed by atoms with Crippen LogP contribution in [0.4, 0.5) is 11.4 Å². The van der Waals surface area contributed by atoms with Crippen LogP contribution in [0.3, 0.4) is 0 Å². The Hall–Kier alpha value is -1.92. The Bertz CT molecular complexity index is 1200. The molecule has 0 amide bonds. The van der Waals surface area contributed by atoms with Crippen molar-refractivity contribution >= 4 is 57.9 Å². The lowest BCUT2D eigenvalue weighted by Gasteiger charge is -2.36. The molecule has 0 aliphatic carbocycles. The van der Waals surface area contributed by atoms with Gasteiger partial charge in [-0.2, -0.15) is 0 Å². The third-order valence-corrected chi connectivity index (χ3v) is 9.07. The number of hydrogen-bond donors (Lipinski definition) is 2. The Labute approximate surface area is 220 Å². The van der Waals surface area contributed by atoms with Gasteiger partial charge < -0.3 is 5.73 Å². The third kappa shape index (κ3) is 5.29. The third-order valence-electron chi connectivity index (χ3n) is 6.40. The number of thioether (sulfide) groups is 1. The molecule has 13 heteroatoms. The second-order valence-corrected chi connectivity index (χ2v) is 10.9. The van der Waals surface area contributed by atoms with Crippen molar-refractivity contribution in [1.82, 2.24) is 10.2 Å². The Morgan fingerprint density at radius 1 is 1.06 bits per heavy atom. The van der Waals surface area contributed by atoms with Gasteiger partial charge in [-0.05, 0) is 32.0 Å². The van der Waals surface area contributed by atoms with Crippen LogP contribution in [0.15, 0.2) is 41.3 Å². The Morgan fingerprint density at radius 2 is 1.66 bits per heavy atom. The minimum atomic E-state index is -1.12. The smallest absolute Gasteiger partial charge is 0.277 e. The average Bonchev–Trinajstić information content (AvgIpc) is 3.01. The first-order valence-corrected chi connectivity index (χ1v) is 12.7. The number of rotatable bonds is 8. The summed E-state index contributed by atoms with van der Waals surface area (Å²) in [6, 6.07) is 6.36. The van der Waals surface area contributed by atoms with Crippen LogP contribution in [0, 0.1) is 20.2 Å². The van der Waals surface area contributed by atoms with Gasteiger partial charge in [-0.3, -0.25) is 30.4 Å². The van der Waals surface area contributed by atoms with Crippen molar-refractivity contribution in [3.63, 3.8) is 0 Å². The minimum Gasteiger partial charge on any atom is -0.312 e. The summed E-state index contributed by atoms with van der Waals surface area (Å²) in [6.45, 7) is -0.106. The van der Waals surface area contributed by atoms with E-state index < -0.39 is 16.0 Å². The van der Waals surface area contributed by atoms with Crippen LogP contribution in [-0.4, -0.2) is 39.1 Å². The molecule has 0 aromatic heterocycles. The zero-order chi connectivity index (χ0) is 25.4. The van der Waals surface area contributed by atoms with Gasteiger partial charge in [0.05, 0.1) is 42.2 Å². The van der Waals surface area contributed by atoms with Crippen LogP contribution in [0.25, 0.3) is 0 Å². The number of nitrogens with two attached hydrogens (primary N) is 1. The number of nitro groups is 2. The van der Waals surface area contributed by atoms with Gasteiger partial charge >= 0.3 is 0 Å². The van der Waals surface area contributed by atoms with Crippen molar-refractivity contribution in [3.8, 4) is 0 Å². The van der Waals surface area contributed by atoms with E-state index in [0.717, 1.165) is 17.7 Å². The molecule has 2 aliphatic rings. The molecule has 2 aliphatic heterocycles. The fourth-order valence-corrected chi connectivity index (χ4v) is 6.64. The van der Waals surface area contributed by atoms with Gasteiger partial charge in [-0.1, -0.05) is 47.0 Å². The zero-order valence-corrected chi connectivity index (χ0v) is 21.6. The zero-order valence-electron chi connectivity index (χ0n) is 18.5. The molecule has 3 unspecified atom stereocenters. The molecule has 0 radical (unpaired) electrons. The van der Waals surface area contributed by atoms with E-state index in [2.05, 4.69) is 29.4 Å². The first kappa shape index (κ1) is 26.2. The van der Waals surface area contributed by atoms with Gasteiger partial charge in [0.25, 0.3) is 11.4 Å². The highest BCUT2D eigenvalue weighted by atomic mass is 35.5. The van der Waals surface area contributed by atoms with Gasteiger partial charge in [-0.25, -0.2) is 0 Å². The number of benzene rings is 2. The number of nitrogens with one attached hydrogen (secondary N) is 1. The van der Waals surface area contributed by atoms with E-state index in [-0.39, 0.29) is 44.1 Å².